The fraction of sp³-hybridized carbons (Fsp3) is 0.800. The van der Waals surface area contributed by atoms with Gasteiger partial charge >= 0.3 is 0 Å². The van der Waals surface area contributed by atoms with Gasteiger partial charge in [-0.05, 0) is 11.8 Å². The van der Waals surface area contributed by atoms with Gasteiger partial charge in [-0.3, -0.25) is 4.79 Å². The zero-order chi connectivity index (χ0) is 9.72. The van der Waals surface area contributed by atoms with Gasteiger partial charge in [0, 0.05) is 5.92 Å². The Morgan fingerprint density at radius 3 is 1.83 bits per heavy atom. The van der Waals surface area contributed by atoms with E-state index in [2.05, 4.69) is 0 Å². The SMILES string of the molecule is CC(C)C(C(=O)CC=O)C(C)C. The molecule has 0 unspecified atom stereocenters. The molecule has 0 rings (SSSR count). The molecule has 0 fully saturated rings. The van der Waals surface area contributed by atoms with Gasteiger partial charge in [-0.15, -0.1) is 0 Å². The van der Waals surface area contributed by atoms with E-state index < -0.39 is 0 Å². The maximum absolute atomic E-state index is 11.4. The molecule has 0 radical (unpaired) electrons. The highest BCUT2D eigenvalue weighted by atomic mass is 16.1. The van der Waals surface area contributed by atoms with Crippen LogP contribution in [0.4, 0.5) is 0 Å². The minimum Gasteiger partial charge on any atom is -0.303 e. The van der Waals surface area contributed by atoms with E-state index in [4.69, 9.17) is 0 Å². The van der Waals surface area contributed by atoms with Crippen LogP contribution < -0.4 is 0 Å². The van der Waals surface area contributed by atoms with E-state index in [-0.39, 0.29) is 18.1 Å². The lowest BCUT2D eigenvalue weighted by Gasteiger charge is -2.22. The van der Waals surface area contributed by atoms with Crippen LogP contribution in [-0.2, 0) is 9.59 Å². The Balaban J connectivity index is 4.29. The summed E-state index contributed by atoms with van der Waals surface area (Å²) in [7, 11) is 0. The predicted octanol–water partition coefficient (Wildman–Crippen LogP) is 2.07. The molecule has 0 bridgehead atoms. The number of hydrogen-bond acceptors (Lipinski definition) is 2. The molecule has 0 N–H and O–H groups in total. The van der Waals surface area contributed by atoms with Gasteiger partial charge in [0.2, 0.25) is 0 Å². The fourth-order valence-corrected chi connectivity index (χ4v) is 1.73. The lowest BCUT2D eigenvalue weighted by atomic mass is 9.81. The van der Waals surface area contributed by atoms with Crippen LogP contribution in [0.25, 0.3) is 0 Å². The Morgan fingerprint density at radius 2 is 1.58 bits per heavy atom. The van der Waals surface area contributed by atoms with Crippen LogP contribution in [0.1, 0.15) is 34.1 Å². The highest BCUT2D eigenvalue weighted by Gasteiger charge is 2.24. The van der Waals surface area contributed by atoms with Crippen LogP contribution in [0.3, 0.4) is 0 Å². The Morgan fingerprint density at radius 1 is 1.17 bits per heavy atom. The number of aldehydes is 1. The molecule has 0 atom stereocenters. The summed E-state index contributed by atoms with van der Waals surface area (Å²) in [6.07, 6.45) is 0.765. The van der Waals surface area contributed by atoms with E-state index in [1.165, 1.54) is 0 Å². The highest BCUT2D eigenvalue weighted by Crippen LogP contribution is 2.22. The molecule has 0 saturated heterocycles. The molecular weight excluding hydrogens is 152 g/mol. The van der Waals surface area contributed by atoms with Crippen molar-refractivity contribution >= 4 is 12.1 Å². The Labute approximate surface area is 74.3 Å². The number of ketones is 1. The minimum absolute atomic E-state index is 0.0372. The second-order valence-electron chi connectivity index (χ2n) is 3.85. The van der Waals surface area contributed by atoms with Gasteiger partial charge in [0.25, 0.3) is 0 Å². The summed E-state index contributed by atoms with van der Waals surface area (Å²) < 4.78 is 0. The minimum atomic E-state index is 0.0372. The first-order chi connectivity index (χ1) is 5.50. The largest absolute Gasteiger partial charge is 0.303 e. The van der Waals surface area contributed by atoms with E-state index in [0.29, 0.717) is 18.1 Å². The van der Waals surface area contributed by atoms with E-state index in [1.807, 2.05) is 27.7 Å². The van der Waals surface area contributed by atoms with E-state index >= 15 is 0 Å². The number of Topliss-reactive ketones (excluding diaryl/α,β-unsaturated/α-hetero) is 1. The topological polar surface area (TPSA) is 34.1 Å². The molecule has 0 aromatic rings. The third-order valence-electron chi connectivity index (χ3n) is 2.09. The van der Waals surface area contributed by atoms with Gasteiger partial charge < -0.3 is 4.79 Å². The number of hydrogen-bond donors (Lipinski definition) is 0. The third-order valence-corrected chi connectivity index (χ3v) is 2.09. The van der Waals surface area contributed by atoms with Crippen molar-refractivity contribution in [1.82, 2.24) is 0 Å². The van der Waals surface area contributed by atoms with Gasteiger partial charge in [0.15, 0.2) is 0 Å². The first-order valence-electron chi connectivity index (χ1n) is 4.47. The number of carbonyl (C=O) groups excluding carboxylic acids is 2. The molecule has 0 amide bonds. The normalized spacial score (nSPS) is 11.2. The number of rotatable bonds is 5. The molecular formula is C10H18O2. The van der Waals surface area contributed by atoms with Gasteiger partial charge in [0.05, 0.1) is 6.42 Å². The third kappa shape index (κ3) is 3.16. The van der Waals surface area contributed by atoms with Gasteiger partial charge in [0.1, 0.15) is 12.1 Å². The zero-order valence-corrected chi connectivity index (χ0v) is 8.33. The summed E-state index contributed by atoms with van der Waals surface area (Å²) in [4.78, 5) is 21.5. The Hall–Kier alpha value is -0.660. The van der Waals surface area contributed by atoms with Crippen LogP contribution in [0.5, 0.6) is 0 Å². The summed E-state index contributed by atoms with van der Waals surface area (Å²) in [5, 5.41) is 0. The molecule has 2 heteroatoms. The predicted molar refractivity (Wildman–Crippen MR) is 48.9 cm³/mol. The molecule has 0 aliphatic carbocycles. The van der Waals surface area contributed by atoms with Crippen molar-refractivity contribution < 1.29 is 9.59 Å². The van der Waals surface area contributed by atoms with Crippen LogP contribution in [0.15, 0.2) is 0 Å². The van der Waals surface area contributed by atoms with Crippen LogP contribution in [-0.4, -0.2) is 12.1 Å². The first-order valence-corrected chi connectivity index (χ1v) is 4.47. The summed E-state index contributed by atoms with van der Waals surface area (Å²) in [5.41, 5.74) is 0. The van der Waals surface area contributed by atoms with Crippen molar-refractivity contribution in [3.63, 3.8) is 0 Å². The molecule has 0 aromatic heterocycles. The van der Waals surface area contributed by atoms with Crippen molar-refractivity contribution in [2.75, 3.05) is 0 Å². The maximum Gasteiger partial charge on any atom is 0.143 e. The molecule has 0 saturated carbocycles. The second-order valence-corrected chi connectivity index (χ2v) is 3.85. The summed E-state index contributed by atoms with van der Waals surface area (Å²) in [6, 6.07) is 0. The van der Waals surface area contributed by atoms with E-state index in [0.717, 1.165) is 0 Å². The average Bonchev–Trinajstić information content (AvgIpc) is 1.85. The Bertz CT molecular complexity index is 151. The number of carbonyl (C=O) groups is 2. The van der Waals surface area contributed by atoms with Gasteiger partial charge in [-0.1, -0.05) is 27.7 Å². The highest BCUT2D eigenvalue weighted by molar-refractivity contribution is 5.91. The standard InChI is InChI=1S/C10H18O2/c1-7(2)10(8(3)4)9(12)5-6-11/h6-8,10H,5H2,1-4H3. The molecule has 0 aromatic carbocycles. The van der Waals surface area contributed by atoms with Crippen LogP contribution >= 0.6 is 0 Å². The molecule has 12 heavy (non-hydrogen) atoms. The maximum atomic E-state index is 11.4. The van der Waals surface area contributed by atoms with Crippen molar-refractivity contribution in [1.29, 1.82) is 0 Å². The van der Waals surface area contributed by atoms with Crippen LogP contribution in [0, 0.1) is 17.8 Å². The molecule has 70 valence electrons. The summed E-state index contributed by atoms with van der Waals surface area (Å²) >= 11 is 0. The summed E-state index contributed by atoms with van der Waals surface area (Å²) in [6.45, 7) is 8.08. The smallest absolute Gasteiger partial charge is 0.143 e. The fourth-order valence-electron chi connectivity index (χ4n) is 1.73. The molecule has 0 aliphatic rings. The van der Waals surface area contributed by atoms with Crippen molar-refractivity contribution in [3.05, 3.63) is 0 Å². The van der Waals surface area contributed by atoms with Crippen molar-refractivity contribution in [3.8, 4) is 0 Å². The lowest BCUT2D eigenvalue weighted by molar-refractivity contribution is -0.127. The van der Waals surface area contributed by atoms with Crippen molar-refractivity contribution in [2.45, 2.75) is 34.1 Å². The molecule has 0 aliphatic heterocycles. The average molecular weight is 170 g/mol. The van der Waals surface area contributed by atoms with Crippen molar-refractivity contribution in [2.24, 2.45) is 17.8 Å². The summed E-state index contributed by atoms with van der Waals surface area (Å²) in [5.74, 6) is 0.778. The van der Waals surface area contributed by atoms with Crippen LogP contribution in [0.2, 0.25) is 0 Å². The van der Waals surface area contributed by atoms with E-state index in [9.17, 15) is 9.59 Å². The lowest BCUT2D eigenvalue weighted by Crippen LogP contribution is -2.25. The van der Waals surface area contributed by atoms with Gasteiger partial charge in [-0.2, -0.15) is 0 Å². The monoisotopic (exact) mass is 170 g/mol. The molecule has 0 heterocycles. The zero-order valence-electron chi connectivity index (χ0n) is 8.33. The first kappa shape index (κ1) is 11.3. The van der Waals surface area contributed by atoms with E-state index in [1.54, 1.807) is 0 Å². The molecule has 0 spiro atoms. The van der Waals surface area contributed by atoms with Gasteiger partial charge in [-0.25, -0.2) is 0 Å². The molecule has 2 nitrogen and oxygen atoms in total. The second kappa shape index (κ2) is 5.07. The quantitative estimate of drug-likeness (QED) is 0.467. The Kier molecular flexibility index (Phi) is 4.79.